The first-order valence-corrected chi connectivity index (χ1v) is 6.52. The van der Waals surface area contributed by atoms with Gasteiger partial charge in [0.1, 0.15) is 0 Å². The Morgan fingerprint density at radius 2 is 2.12 bits per heavy atom. The summed E-state index contributed by atoms with van der Waals surface area (Å²) in [7, 11) is 3.33. The molecule has 1 aromatic heterocycles. The second-order valence-corrected chi connectivity index (χ2v) is 4.65. The zero-order valence-electron chi connectivity index (χ0n) is 10.2. The Labute approximate surface area is 102 Å². The number of nitrogens with one attached hydrogen (secondary N) is 1. The van der Waals surface area contributed by atoms with Crippen LogP contribution in [-0.4, -0.2) is 27.1 Å². The van der Waals surface area contributed by atoms with Gasteiger partial charge in [-0.15, -0.1) is 11.3 Å². The lowest BCUT2D eigenvalue weighted by atomic mass is 10.1. The quantitative estimate of drug-likeness (QED) is 0.712. The smallest absolute Gasteiger partial charge is 0.169 e. The van der Waals surface area contributed by atoms with E-state index in [1.807, 2.05) is 0 Å². The van der Waals surface area contributed by atoms with Crippen molar-refractivity contribution < 1.29 is 9.47 Å². The first-order valence-electron chi connectivity index (χ1n) is 5.64. The molecule has 3 nitrogen and oxygen atoms in total. The molecule has 0 radical (unpaired) electrons. The second-order valence-electron chi connectivity index (χ2n) is 3.67. The van der Waals surface area contributed by atoms with Crippen molar-refractivity contribution in [2.75, 3.05) is 20.8 Å². The van der Waals surface area contributed by atoms with E-state index in [0.717, 1.165) is 13.0 Å². The van der Waals surface area contributed by atoms with Crippen molar-refractivity contribution >= 4 is 11.3 Å². The topological polar surface area (TPSA) is 30.5 Å². The van der Waals surface area contributed by atoms with E-state index in [9.17, 15) is 0 Å². The second kappa shape index (κ2) is 7.79. The molecule has 0 aliphatic heterocycles. The van der Waals surface area contributed by atoms with Crippen molar-refractivity contribution in [2.24, 2.45) is 0 Å². The van der Waals surface area contributed by atoms with Crippen LogP contribution in [-0.2, 0) is 9.47 Å². The average molecular weight is 243 g/mol. The Kier molecular flexibility index (Phi) is 6.64. The third-order valence-electron chi connectivity index (χ3n) is 2.52. The van der Waals surface area contributed by atoms with Crippen LogP contribution in [0, 0.1) is 0 Å². The van der Waals surface area contributed by atoms with E-state index < -0.39 is 0 Å². The van der Waals surface area contributed by atoms with Gasteiger partial charge in [-0.1, -0.05) is 19.4 Å². The molecule has 1 aromatic rings. The molecule has 0 fully saturated rings. The number of hydrogen-bond donors (Lipinski definition) is 1. The standard InChI is InChI=1S/C12H21NO2S/c1-4-6-10(11-7-5-8-16-11)13-9-12(14-2)15-3/h5,7-8,10,12-13H,4,6,9H2,1-3H3. The minimum absolute atomic E-state index is 0.167. The van der Waals surface area contributed by atoms with Gasteiger partial charge >= 0.3 is 0 Å². The molecular formula is C12H21NO2S. The highest BCUT2D eigenvalue weighted by Crippen LogP contribution is 2.23. The van der Waals surface area contributed by atoms with Crippen LogP contribution in [0.2, 0.25) is 0 Å². The molecule has 0 amide bonds. The first-order chi connectivity index (χ1) is 7.81. The molecular weight excluding hydrogens is 222 g/mol. The maximum Gasteiger partial charge on any atom is 0.169 e. The monoisotopic (exact) mass is 243 g/mol. The van der Waals surface area contributed by atoms with Gasteiger partial charge in [0.15, 0.2) is 6.29 Å². The molecule has 0 aromatic carbocycles. The number of thiophene rings is 1. The predicted octanol–water partition coefficient (Wildman–Crippen LogP) is 2.80. The maximum absolute atomic E-state index is 5.16. The Balaban J connectivity index is 2.45. The van der Waals surface area contributed by atoms with Gasteiger partial charge in [-0.2, -0.15) is 0 Å². The molecule has 1 unspecified atom stereocenters. The van der Waals surface area contributed by atoms with Gasteiger partial charge in [-0.25, -0.2) is 0 Å². The zero-order chi connectivity index (χ0) is 11.8. The highest BCUT2D eigenvalue weighted by molar-refractivity contribution is 7.10. The van der Waals surface area contributed by atoms with Crippen molar-refractivity contribution in [2.45, 2.75) is 32.1 Å². The molecule has 0 bridgehead atoms. The molecule has 0 aliphatic rings. The van der Waals surface area contributed by atoms with E-state index in [4.69, 9.17) is 9.47 Å². The van der Waals surface area contributed by atoms with Crippen LogP contribution in [0.15, 0.2) is 17.5 Å². The van der Waals surface area contributed by atoms with Crippen LogP contribution in [0.25, 0.3) is 0 Å². The Bertz CT molecular complexity index is 260. The Morgan fingerprint density at radius 3 is 2.62 bits per heavy atom. The summed E-state index contributed by atoms with van der Waals surface area (Å²) in [6, 6.07) is 4.68. The number of rotatable bonds is 8. The highest BCUT2D eigenvalue weighted by Gasteiger charge is 2.13. The van der Waals surface area contributed by atoms with E-state index in [1.54, 1.807) is 25.6 Å². The predicted molar refractivity (Wildman–Crippen MR) is 67.8 cm³/mol. The van der Waals surface area contributed by atoms with Gasteiger partial charge < -0.3 is 14.8 Å². The van der Waals surface area contributed by atoms with E-state index >= 15 is 0 Å². The van der Waals surface area contributed by atoms with E-state index in [2.05, 4.69) is 29.8 Å². The highest BCUT2D eigenvalue weighted by atomic mass is 32.1. The van der Waals surface area contributed by atoms with E-state index in [0.29, 0.717) is 6.04 Å². The van der Waals surface area contributed by atoms with Crippen molar-refractivity contribution in [1.82, 2.24) is 5.32 Å². The van der Waals surface area contributed by atoms with Crippen LogP contribution in [0.4, 0.5) is 0 Å². The molecule has 1 rings (SSSR count). The summed E-state index contributed by atoms with van der Waals surface area (Å²) >= 11 is 1.79. The van der Waals surface area contributed by atoms with Crippen LogP contribution in [0.3, 0.4) is 0 Å². The van der Waals surface area contributed by atoms with Crippen molar-refractivity contribution in [1.29, 1.82) is 0 Å². The molecule has 4 heteroatoms. The van der Waals surface area contributed by atoms with Gasteiger partial charge in [-0.3, -0.25) is 0 Å². The SMILES string of the molecule is CCCC(NCC(OC)OC)c1cccs1. The van der Waals surface area contributed by atoms with Gasteiger partial charge in [0.05, 0.1) is 0 Å². The molecule has 0 saturated carbocycles. The molecule has 0 aliphatic carbocycles. The number of hydrogen-bond acceptors (Lipinski definition) is 4. The van der Waals surface area contributed by atoms with Crippen LogP contribution >= 0.6 is 11.3 Å². The lowest BCUT2D eigenvalue weighted by Gasteiger charge is -2.20. The fourth-order valence-corrected chi connectivity index (χ4v) is 2.46. The molecule has 92 valence electrons. The van der Waals surface area contributed by atoms with Gasteiger partial charge in [-0.05, 0) is 17.9 Å². The molecule has 1 heterocycles. The third kappa shape index (κ3) is 4.22. The lowest BCUT2D eigenvalue weighted by molar-refractivity contribution is -0.1000. The Hall–Kier alpha value is -0.420. The summed E-state index contributed by atoms with van der Waals surface area (Å²) < 4.78 is 10.3. The minimum atomic E-state index is -0.167. The summed E-state index contributed by atoms with van der Waals surface area (Å²) in [6.45, 7) is 2.92. The number of ether oxygens (including phenoxy) is 2. The summed E-state index contributed by atoms with van der Waals surface area (Å²) in [5.41, 5.74) is 0. The minimum Gasteiger partial charge on any atom is -0.355 e. The molecule has 0 saturated heterocycles. The fraction of sp³-hybridized carbons (Fsp3) is 0.667. The third-order valence-corrected chi connectivity index (χ3v) is 3.51. The van der Waals surface area contributed by atoms with Crippen molar-refractivity contribution in [3.8, 4) is 0 Å². The average Bonchev–Trinajstić information content (AvgIpc) is 2.82. The van der Waals surface area contributed by atoms with Crippen molar-refractivity contribution in [3.63, 3.8) is 0 Å². The number of methoxy groups -OCH3 is 2. The van der Waals surface area contributed by atoms with Crippen LogP contribution in [0.5, 0.6) is 0 Å². The lowest BCUT2D eigenvalue weighted by Crippen LogP contribution is -2.32. The van der Waals surface area contributed by atoms with E-state index in [-0.39, 0.29) is 6.29 Å². The molecule has 1 atom stereocenters. The van der Waals surface area contributed by atoms with E-state index in [1.165, 1.54) is 11.3 Å². The zero-order valence-corrected chi connectivity index (χ0v) is 11.0. The van der Waals surface area contributed by atoms with Gasteiger partial charge in [0.25, 0.3) is 0 Å². The normalized spacial score (nSPS) is 13.2. The maximum atomic E-state index is 5.16. The Morgan fingerprint density at radius 1 is 1.38 bits per heavy atom. The largest absolute Gasteiger partial charge is 0.355 e. The molecule has 16 heavy (non-hydrogen) atoms. The summed E-state index contributed by atoms with van der Waals surface area (Å²) in [6.07, 6.45) is 2.14. The summed E-state index contributed by atoms with van der Waals surface area (Å²) in [4.78, 5) is 1.38. The van der Waals surface area contributed by atoms with Gasteiger partial charge in [0, 0.05) is 31.7 Å². The summed E-state index contributed by atoms with van der Waals surface area (Å²) in [5.74, 6) is 0. The summed E-state index contributed by atoms with van der Waals surface area (Å²) in [5, 5.41) is 5.60. The molecule has 0 spiro atoms. The van der Waals surface area contributed by atoms with Crippen LogP contribution in [0.1, 0.15) is 30.7 Å². The fourth-order valence-electron chi connectivity index (χ4n) is 1.62. The molecule has 1 N–H and O–H groups in total. The first kappa shape index (κ1) is 13.6. The van der Waals surface area contributed by atoms with Crippen LogP contribution < -0.4 is 5.32 Å². The van der Waals surface area contributed by atoms with Crippen molar-refractivity contribution in [3.05, 3.63) is 22.4 Å². The van der Waals surface area contributed by atoms with Gasteiger partial charge in [0.2, 0.25) is 0 Å².